The molecule has 0 amide bonds. The van der Waals surface area contributed by atoms with Crippen LogP contribution in [0.4, 0.5) is 5.69 Å². The molecule has 23 heavy (non-hydrogen) atoms. The Morgan fingerprint density at radius 1 is 1.04 bits per heavy atom. The SMILES string of the molecule is CCOCCNC(=NCc1ccc(C)cc1)Nc1ccccc1. The van der Waals surface area contributed by atoms with Gasteiger partial charge in [-0.2, -0.15) is 0 Å². The summed E-state index contributed by atoms with van der Waals surface area (Å²) in [6, 6.07) is 18.5. The zero-order valence-electron chi connectivity index (χ0n) is 13.9. The van der Waals surface area contributed by atoms with Crippen molar-refractivity contribution < 1.29 is 4.74 Å². The number of hydrogen-bond donors (Lipinski definition) is 2. The summed E-state index contributed by atoms with van der Waals surface area (Å²) in [6.07, 6.45) is 0. The third kappa shape index (κ3) is 6.53. The fourth-order valence-electron chi connectivity index (χ4n) is 2.05. The van der Waals surface area contributed by atoms with E-state index in [1.165, 1.54) is 11.1 Å². The molecule has 0 aliphatic carbocycles. The van der Waals surface area contributed by atoms with Crippen molar-refractivity contribution in [2.45, 2.75) is 20.4 Å². The molecule has 0 aromatic heterocycles. The Balaban J connectivity index is 1.99. The molecule has 0 radical (unpaired) electrons. The second kappa shape index (κ2) is 9.64. The number of ether oxygens (including phenoxy) is 1. The summed E-state index contributed by atoms with van der Waals surface area (Å²) in [6.45, 7) is 6.83. The predicted octanol–water partition coefficient (Wildman–Crippen LogP) is 3.59. The average molecular weight is 311 g/mol. The molecular weight excluding hydrogens is 286 g/mol. The Bertz CT molecular complexity index is 594. The molecular formula is C19H25N3O. The fourth-order valence-corrected chi connectivity index (χ4v) is 2.05. The maximum absolute atomic E-state index is 5.36. The van der Waals surface area contributed by atoms with Crippen LogP contribution in [0.15, 0.2) is 59.6 Å². The molecule has 2 aromatic carbocycles. The topological polar surface area (TPSA) is 45.6 Å². The first-order valence-electron chi connectivity index (χ1n) is 8.01. The quantitative estimate of drug-likeness (QED) is 0.467. The number of benzene rings is 2. The van der Waals surface area contributed by atoms with Crippen LogP contribution in [0.25, 0.3) is 0 Å². The van der Waals surface area contributed by atoms with Crippen molar-refractivity contribution in [1.82, 2.24) is 5.32 Å². The Hall–Kier alpha value is -2.33. The van der Waals surface area contributed by atoms with Crippen LogP contribution in [0.3, 0.4) is 0 Å². The number of rotatable bonds is 7. The maximum atomic E-state index is 5.36. The Morgan fingerprint density at radius 3 is 2.48 bits per heavy atom. The lowest BCUT2D eigenvalue weighted by molar-refractivity contribution is 0.152. The molecule has 0 fully saturated rings. The number of para-hydroxylation sites is 1. The molecule has 0 aliphatic heterocycles. The number of hydrogen-bond acceptors (Lipinski definition) is 2. The van der Waals surface area contributed by atoms with Crippen LogP contribution < -0.4 is 10.6 Å². The van der Waals surface area contributed by atoms with E-state index in [0.29, 0.717) is 13.2 Å². The molecule has 122 valence electrons. The molecule has 2 aromatic rings. The summed E-state index contributed by atoms with van der Waals surface area (Å²) in [5.74, 6) is 0.761. The Labute approximate surface area is 138 Å². The number of aliphatic imine (C=N–C) groups is 1. The van der Waals surface area contributed by atoms with Gasteiger partial charge in [-0.1, -0.05) is 48.0 Å². The monoisotopic (exact) mass is 311 g/mol. The third-order valence-corrected chi connectivity index (χ3v) is 3.32. The summed E-state index contributed by atoms with van der Waals surface area (Å²) in [5.41, 5.74) is 3.46. The van der Waals surface area contributed by atoms with E-state index in [1.54, 1.807) is 0 Å². The molecule has 0 saturated heterocycles. The van der Waals surface area contributed by atoms with Gasteiger partial charge < -0.3 is 15.4 Å². The van der Waals surface area contributed by atoms with E-state index < -0.39 is 0 Å². The lowest BCUT2D eigenvalue weighted by atomic mass is 10.1. The summed E-state index contributed by atoms with van der Waals surface area (Å²) < 4.78 is 5.36. The molecule has 0 atom stereocenters. The molecule has 4 nitrogen and oxygen atoms in total. The van der Waals surface area contributed by atoms with Crippen LogP contribution in [0.1, 0.15) is 18.1 Å². The Morgan fingerprint density at radius 2 is 1.78 bits per heavy atom. The number of guanidine groups is 1. The highest BCUT2D eigenvalue weighted by Gasteiger charge is 2.00. The average Bonchev–Trinajstić information content (AvgIpc) is 2.58. The predicted molar refractivity (Wildman–Crippen MR) is 96.9 cm³/mol. The van der Waals surface area contributed by atoms with Crippen molar-refractivity contribution >= 4 is 11.6 Å². The van der Waals surface area contributed by atoms with E-state index in [2.05, 4.69) is 46.8 Å². The first-order valence-corrected chi connectivity index (χ1v) is 8.01. The fraction of sp³-hybridized carbons (Fsp3) is 0.316. The van der Waals surface area contributed by atoms with E-state index in [4.69, 9.17) is 4.74 Å². The third-order valence-electron chi connectivity index (χ3n) is 3.32. The van der Waals surface area contributed by atoms with Gasteiger partial charge in [-0.3, -0.25) is 0 Å². The Kier molecular flexibility index (Phi) is 7.14. The maximum Gasteiger partial charge on any atom is 0.196 e. The van der Waals surface area contributed by atoms with Crippen molar-refractivity contribution in [3.05, 3.63) is 65.7 Å². The lowest BCUT2D eigenvalue weighted by Gasteiger charge is -2.12. The number of nitrogens with zero attached hydrogens (tertiary/aromatic N) is 1. The van der Waals surface area contributed by atoms with Crippen LogP contribution in [0.2, 0.25) is 0 Å². The molecule has 0 bridgehead atoms. The first kappa shape index (κ1) is 17.0. The van der Waals surface area contributed by atoms with E-state index in [-0.39, 0.29) is 0 Å². The van der Waals surface area contributed by atoms with Crippen molar-refractivity contribution in [2.24, 2.45) is 4.99 Å². The molecule has 0 saturated carbocycles. The van der Waals surface area contributed by atoms with Crippen LogP contribution in [-0.4, -0.2) is 25.7 Å². The molecule has 2 rings (SSSR count). The molecule has 0 unspecified atom stereocenters. The van der Waals surface area contributed by atoms with Gasteiger partial charge in [0, 0.05) is 18.8 Å². The van der Waals surface area contributed by atoms with Crippen molar-refractivity contribution in [3.8, 4) is 0 Å². The van der Waals surface area contributed by atoms with Gasteiger partial charge in [0.2, 0.25) is 0 Å². The standard InChI is InChI=1S/C19H25N3O/c1-3-23-14-13-20-19(22-18-7-5-4-6-8-18)21-15-17-11-9-16(2)10-12-17/h4-12H,3,13-15H2,1-2H3,(H2,20,21,22). The summed E-state index contributed by atoms with van der Waals surface area (Å²) in [4.78, 5) is 4.66. The van der Waals surface area contributed by atoms with Gasteiger partial charge in [-0.25, -0.2) is 4.99 Å². The molecule has 2 N–H and O–H groups in total. The van der Waals surface area contributed by atoms with E-state index in [0.717, 1.165) is 24.8 Å². The van der Waals surface area contributed by atoms with Crippen molar-refractivity contribution in [3.63, 3.8) is 0 Å². The largest absolute Gasteiger partial charge is 0.380 e. The van der Waals surface area contributed by atoms with E-state index in [1.807, 2.05) is 37.3 Å². The van der Waals surface area contributed by atoms with Crippen molar-refractivity contribution in [1.29, 1.82) is 0 Å². The molecule has 0 aliphatic rings. The van der Waals surface area contributed by atoms with Crippen LogP contribution >= 0.6 is 0 Å². The normalized spacial score (nSPS) is 11.3. The number of aryl methyl sites for hydroxylation is 1. The smallest absolute Gasteiger partial charge is 0.196 e. The number of anilines is 1. The molecule has 0 heterocycles. The summed E-state index contributed by atoms with van der Waals surface area (Å²) in [7, 11) is 0. The highest BCUT2D eigenvalue weighted by molar-refractivity contribution is 5.93. The highest BCUT2D eigenvalue weighted by Crippen LogP contribution is 2.07. The minimum atomic E-state index is 0.636. The van der Waals surface area contributed by atoms with Gasteiger partial charge in [0.15, 0.2) is 5.96 Å². The van der Waals surface area contributed by atoms with Gasteiger partial charge in [-0.15, -0.1) is 0 Å². The molecule has 0 spiro atoms. The van der Waals surface area contributed by atoms with Gasteiger partial charge >= 0.3 is 0 Å². The van der Waals surface area contributed by atoms with Gasteiger partial charge in [-0.05, 0) is 31.5 Å². The lowest BCUT2D eigenvalue weighted by Crippen LogP contribution is -2.33. The van der Waals surface area contributed by atoms with Gasteiger partial charge in [0.25, 0.3) is 0 Å². The van der Waals surface area contributed by atoms with Crippen molar-refractivity contribution in [2.75, 3.05) is 25.1 Å². The van der Waals surface area contributed by atoms with Crippen LogP contribution in [0.5, 0.6) is 0 Å². The minimum Gasteiger partial charge on any atom is -0.380 e. The minimum absolute atomic E-state index is 0.636. The zero-order valence-corrected chi connectivity index (χ0v) is 13.9. The zero-order chi connectivity index (χ0) is 16.3. The number of nitrogens with one attached hydrogen (secondary N) is 2. The van der Waals surface area contributed by atoms with Crippen LogP contribution in [0, 0.1) is 6.92 Å². The second-order valence-corrected chi connectivity index (χ2v) is 5.27. The first-order chi connectivity index (χ1) is 11.3. The molecule has 4 heteroatoms. The second-order valence-electron chi connectivity index (χ2n) is 5.27. The summed E-state index contributed by atoms with van der Waals surface area (Å²) >= 11 is 0. The van der Waals surface area contributed by atoms with Crippen LogP contribution in [-0.2, 0) is 11.3 Å². The van der Waals surface area contributed by atoms with Gasteiger partial charge in [0.05, 0.1) is 13.2 Å². The van der Waals surface area contributed by atoms with Gasteiger partial charge in [0.1, 0.15) is 0 Å². The summed E-state index contributed by atoms with van der Waals surface area (Å²) in [5, 5.41) is 6.62. The van der Waals surface area contributed by atoms with E-state index in [9.17, 15) is 0 Å². The van der Waals surface area contributed by atoms with E-state index >= 15 is 0 Å². The highest BCUT2D eigenvalue weighted by atomic mass is 16.5.